The Morgan fingerprint density at radius 2 is 2.22 bits per heavy atom. The Bertz CT molecular complexity index is 366. The number of hydrogen-bond acceptors (Lipinski definition) is 4. The van der Waals surface area contributed by atoms with Gasteiger partial charge >= 0.3 is 5.97 Å². The summed E-state index contributed by atoms with van der Waals surface area (Å²) in [6, 6.07) is 7.79. The second-order valence-corrected chi connectivity index (χ2v) is 4.06. The maximum absolute atomic E-state index is 11.4. The molecule has 0 fully saturated rings. The minimum absolute atomic E-state index is 0.195. The van der Waals surface area contributed by atoms with Crippen molar-refractivity contribution in [1.29, 1.82) is 0 Å². The predicted octanol–water partition coefficient (Wildman–Crippen LogP) is 2.59. The zero-order valence-corrected chi connectivity index (χ0v) is 11.1. The molecule has 0 heterocycles. The van der Waals surface area contributed by atoms with Crippen LogP contribution in [-0.2, 0) is 20.9 Å². The van der Waals surface area contributed by atoms with Crippen LogP contribution in [0.4, 0.5) is 5.69 Å². The van der Waals surface area contributed by atoms with Crippen LogP contribution in [0.15, 0.2) is 24.3 Å². The molecule has 0 aliphatic carbocycles. The molecule has 0 saturated carbocycles. The Kier molecular flexibility index (Phi) is 6.87. The number of carbonyl (C=O) groups is 1. The Labute approximate surface area is 108 Å². The van der Waals surface area contributed by atoms with Crippen molar-refractivity contribution in [3.63, 3.8) is 0 Å². The van der Waals surface area contributed by atoms with Gasteiger partial charge in [0.05, 0.1) is 13.2 Å². The molecule has 0 radical (unpaired) electrons. The first-order chi connectivity index (χ1) is 8.76. The van der Waals surface area contributed by atoms with Crippen LogP contribution < -0.4 is 5.32 Å². The third-order valence-corrected chi connectivity index (χ3v) is 2.44. The van der Waals surface area contributed by atoms with E-state index in [0.717, 1.165) is 24.1 Å². The van der Waals surface area contributed by atoms with Crippen LogP contribution in [-0.4, -0.2) is 26.2 Å². The van der Waals surface area contributed by atoms with Crippen molar-refractivity contribution in [2.24, 2.45) is 0 Å². The molecule has 0 aromatic heterocycles. The van der Waals surface area contributed by atoms with E-state index in [9.17, 15) is 4.79 Å². The molecule has 0 atom stereocenters. The molecule has 4 nitrogen and oxygen atoms in total. The highest BCUT2D eigenvalue weighted by molar-refractivity contribution is 5.75. The Morgan fingerprint density at radius 1 is 1.39 bits per heavy atom. The summed E-state index contributed by atoms with van der Waals surface area (Å²) < 4.78 is 10.1. The molecule has 18 heavy (non-hydrogen) atoms. The number of anilines is 1. The first-order valence-corrected chi connectivity index (χ1v) is 6.23. The van der Waals surface area contributed by atoms with E-state index in [1.165, 1.54) is 0 Å². The minimum atomic E-state index is -0.222. The van der Waals surface area contributed by atoms with Crippen LogP contribution in [0.1, 0.15) is 25.3 Å². The SMILES string of the molecule is CCCCOC(=O)CNc1cccc(COC)c1. The van der Waals surface area contributed by atoms with Gasteiger partial charge in [-0.25, -0.2) is 0 Å². The molecular weight excluding hydrogens is 230 g/mol. The van der Waals surface area contributed by atoms with Crippen molar-refractivity contribution in [1.82, 2.24) is 0 Å². The molecule has 0 amide bonds. The number of carbonyl (C=O) groups excluding carboxylic acids is 1. The molecule has 0 aliphatic rings. The third-order valence-electron chi connectivity index (χ3n) is 2.44. The van der Waals surface area contributed by atoms with E-state index in [1.54, 1.807) is 7.11 Å². The van der Waals surface area contributed by atoms with Gasteiger partial charge in [0.25, 0.3) is 0 Å². The number of hydrogen-bond donors (Lipinski definition) is 1. The molecule has 4 heteroatoms. The van der Waals surface area contributed by atoms with Crippen molar-refractivity contribution >= 4 is 11.7 Å². The molecular formula is C14H21NO3. The lowest BCUT2D eigenvalue weighted by molar-refractivity contribution is -0.141. The molecule has 0 bridgehead atoms. The summed E-state index contributed by atoms with van der Waals surface area (Å²) in [5.41, 5.74) is 1.97. The number of ether oxygens (including phenoxy) is 2. The van der Waals surface area contributed by atoms with Crippen molar-refractivity contribution in [2.45, 2.75) is 26.4 Å². The Balaban J connectivity index is 2.33. The van der Waals surface area contributed by atoms with Crippen LogP contribution >= 0.6 is 0 Å². The lowest BCUT2D eigenvalue weighted by Crippen LogP contribution is -2.17. The van der Waals surface area contributed by atoms with E-state index in [0.29, 0.717) is 13.2 Å². The maximum atomic E-state index is 11.4. The van der Waals surface area contributed by atoms with Gasteiger partial charge in [-0.2, -0.15) is 0 Å². The molecule has 0 aliphatic heterocycles. The lowest BCUT2D eigenvalue weighted by atomic mass is 10.2. The van der Waals surface area contributed by atoms with Gasteiger partial charge in [0, 0.05) is 12.8 Å². The van der Waals surface area contributed by atoms with Crippen molar-refractivity contribution < 1.29 is 14.3 Å². The minimum Gasteiger partial charge on any atom is -0.464 e. The lowest BCUT2D eigenvalue weighted by Gasteiger charge is -2.08. The van der Waals surface area contributed by atoms with Crippen LogP contribution in [0.25, 0.3) is 0 Å². The molecule has 1 aromatic carbocycles. The number of unbranched alkanes of at least 4 members (excludes halogenated alkanes) is 1. The standard InChI is InChI=1S/C14H21NO3/c1-3-4-8-18-14(16)10-15-13-7-5-6-12(9-13)11-17-2/h5-7,9,15H,3-4,8,10-11H2,1-2H3. The van der Waals surface area contributed by atoms with Gasteiger partial charge in [0.15, 0.2) is 0 Å². The normalized spacial score (nSPS) is 10.1. The fraction of sp³-hybridized carbons (Fsp3) is 0.500. The van der Waals surface area contributed by atoms with Gasteiger partial charge in [-0.15, -0.1) is 0 Å². The van der Waals surface area contributed by atoms with E-state index in [1.807, 2.05) is 24.3 Å². The zero-order valence-electron chi connectivity index (χ0n) is 11.1. The maximum Gasteiger partial charge on any atom is 0.325 e. The van der Waals surface area contributed by atoms with Gasteiger partial charge in [0.1, 0.15) is 6.54 Å². The number of rotatable bonds is 8. The number of nitrogens with one attached hydrogen (secondary N) is 1. The molecule has 0 unspecified atom stereocenters. The molecule has 0 spiro atoms. The number of benzene rings is 1. The molecule has 1 aromatic rings. The van der Waals surface area contributed by atoms with E-state index >= 15 is 0 Å². The highest BCUT2D eigenvalue weighted by atomic mass is 16.5. The van der Waals surface area contributed by atoms with Crippen molar-refractivity contribution in [2.75, 3.05) is 25.6 Å². The largest absolute Gasteiger partial charge is 0.464 e. The summed E-state index contributed by atoms with van der Waals surface area (Å²) in [6.45, 7) is 3.32. The molecule has 1 rings (SSSR count). The van der Waals surface area contributed by atoms with Crippen LogP contribution in [0.2, 0.25) is 0 Å². The fourth-order valence-corrected chi connectivity index (χ4v) is 1.49. The van der Waals surface area contributed by atoms with E-state index in [-0.39, 0.29) is 12.5 Å². The first kappa shape index (κ1) is 14.5. The Hall–Kier alpha value is -1.55. The van der Waals surface area contributed by atoms with Gasteiger partial charge in [0.2, 0.25) is 0 Å². The first-order valence-electron chi connectivity index (χ1n) is 6.23. The highest BCUT2D eigenvalue weighted by Gasteiger charge is 2.02. The smallest absolute Gasteiger partial charge is 0.325 e. The highest BCUT2D eigenvalue weighted by Crippen LogP contribution is 2.11. The van der Waals surface area contributed by atoms with Crippen molar-refractivity contribution in [3.05, 3.63) is 29.8 Å². The third kappa shape index (κ3) is 5.68. The van der Waals surface area contributed by atoms with Crippen LogP contribution in [0.3, 0.4) is 0 Å². The summed E-state index contributed by atoms with van der Waals surface area (Å²) in [5, 5.41) is 3.04. The van der Waals surface area contributed by atoms with Gasteiger partial charge in [-0.3, -0.25) is 4.79 Å². The van der Waals surface area contributed by atoms with Crippen molar-refractivity contribution in [3.8, 4) is 0 Å². The topological polar surface area (TPSA) is 47.6 Å². The van der Waals surface area contributed by atoms with E-state index < -0.39 is 0 Å². The van der Waals surface area contributed by atoms with Gasteiger partial charge in [-0.05, 0) is 24.1 Å². The fourth-order valence-electron chi connectivity index (χ4n) is 1.49. The second-order valence-electron chi connectivity index (χ2n) is 4.06. The predicted molar refractivity (Wildman–Crippen MR) is 71.5 cm³/mol. The zero-order chi connectivity index (χ0) is 13.2. The summed E-state index contributed by atoms with van der Waals surface area (Å²) >= 11 is 0. The number of esters is 1. The second kappa shape index (κ2) is 8.53. The average molecular weight is 251 g/mol. The van der Waals surface area contributed by atoms with Gasteiger partial charge < -0.3 is 14.8 Å². The molecule has 0 saturated heterocycles. The van der Waals surface area contributed by atoms with E-state index in [2.05, 4.69) is 12.2 Å². The Morgan fingerprint density at radius 3 is 2.94 bits per heavy atom. The average Bonchev–Trinajstić information content (AvgIpc) is 2.38. The van der Waals surface area contributed by atoms with E-state index in [4.69, 9.17) is 9.47 Å². The summed E-state index contributed by atoms with van der Waals surface area (Å²) in [5.74, 6) is -0.222. The quantitative estimate of drug-likeness (QED) is 0.570. The van der Waals surface area contributed by atoms with Crippen LogP contribution in [0, 0.1) is 0 Å². The summed E-state index contributed by atoms with van der Waals surface area (Å²) in [6.07, 6.45) is 1.94. The molecule has 1 N–H and O–H groups in total. The summed E-state index contributed by atoms with van der Waals surface area (Å²) in [4.78, 5) is 11.4. The van der Waals surface area contributed by atoms with Crippen LogP contribution in [0.5, 0.6) is 0 Å². The number of methoxy groups -OCH3 is 1. The summed E-state index contributed by atoms with van der Waals surface area (Å²) in [7, 11) is 1.66. The molecule has 100 valence electrons. The monoisotopic (exact) mass is 251 g/mol. The van der Waals surface area contributed by atoms with Gasteiger partial charge in [-0.1, -0.05) is 25.5 Å².